The van der Waals surface area contributed by atoms with E-state index in [1.54, 1.807) is 10.9 Å². The molecule has 0 bridgehead atoms. The molecule has 3 aromatic heterocycles. The standard InChI is InChI=1S/C21H24N6O/c1-25-18(6-7-24-25)20-22-11-17(12-23-20)16-10-19(21(28)26-8-2-3-9-26)27(14-16)13-15-4-5-15/h6-7,10-12,14-15H,2-5,8-9,13H2,1H3. The molecule has 144 valence electrons. The Labute approximate surface area is 164 Å². The molecule has 0 spiro atoms. The molecule has 2 aliphatic rings. The fraction of sp³-hybridized carbons (Fsp3) is 0.429. The van der Waals surface area contributed by atoms with Crippen molar-refractivity contribution >= 4 is 5.91 Å². The summed E-state index contributed by atoms with van der Waals surface area (Å²) in [6.07, 6.45) is 12.2. The summed E-state index contributed by atoms with van der Waals surface area (Å²) >= 11 is 0. The highest BCUT2D eigenvalue weighted by atomic mass is 16.2. The Balaban J connectivity index is 1.46. The molecule has 1 saturated carbocycles. The van der Waals surface area contributed by atoms with Crippen molar-refractivity contribution in [3.63, 3.8) is 0 Å². The molecule has 2 fully saturated rings. The summed E-state index contributed by atoms with van der Waals surface area (Å²) in [6.45, 7) is 2.65. The third-order valence-electron chi connectivity index (χ3n) is 5.70. The number of carbonyl (C=O) groups is 1. The van der Waals surface area contributed by atoms with Crippen molar-refractivity contribution in [2.45, 2.75) is 32.2 Å². The molecule has 0 unspecified atom stereocenters. The van der Waals surface area contributed by atoms with Crippen LogP contribution in [0.15, 0.2) is 36.9 Å². The topological polar surface area (TPSA) is 68.8 Å². The molecule has 4 heterocycles. The van der Waals surface area contributed by atoms with Crippen molar-refractivity contribution in [3.05, 3.63) is 42.6 Å². The summed E-state index contributed by atoms with van der Waals surface area (Å²) in [5, 5.41) is 4.17. The van der Waals surface area contributed by atoms with Crippen LogP contribution < -0.4 is 0 Å². The van der Waals surface area contributed by atoms with Crippen molar-refractivity contribution in [2.75, 3.05) is 13.1 Å². The first-order chi connectivity index (χ1) is 13.7. The van der Waals surface area contributed by atoms with Gasteiger partial charge in [-0.15, -0.1) is 0 Å². The van der Waals surface area contributed by atoms with Crippen LogP contribution in [0.5, 0.6) is 0 Å². The summed E-state index contributed by atoms with van der Waals surface area (Å²) in [5.74, 6) is 1.50. The van der Waals surface area contributed by atoms with E-state index in [9.17, 15) is 4.79 Å². The Morgan fingerprint density at radius 1 is 1.14 bits per heavy atom. The Morgan fingerprint density at radius 2 is 1.89 bits per heavy atom. The number of hydrogen-bond acceptors (Lipinski definition) is 4. The second-order valence-corrected chi connectivity index (χ2v) is 7.84. The van der Waals surface area contributed by atoms with Gasteiger partial charge in [-0.2, -0.15) is 5.10 Å². The largest absolute Gasteiger partial charge is 0.343 e. The quantitative estimate of drug-likeness (QED) is 0.686. The molecule has 0 N–H and O–H groups in total. The SMILES string of the molecule is Cn1nccc1-c1ncc(-c2cc(C(=O)N3CCCC3)n(CC3CC3)c2)cn1. The zero-order valence-corrected chi connectivity index (χ0v) is 16.1. The Kier molecular flexibility index (Phi) is 4.22. The number of likely N-dealkylation sites (tertiary alicyclic amines) is 1. The van der Waals surface area contributed by atoms with Gasteiger partial charge in [0, 0.05) is 62.6 Å². The maximum Gasteiger partial charge on any atom is 0.270 e. The van der Waals surface area contributed by atoms with Gasteiger partial charge in [0.15, 0.2) is 5.82 Å². The number of aromatic nitrogens is 5. The molecule has 1 aliphatic carbocycles. The van der Waals surface area contributed by atoms with E-state index in [0.29, 0.717) is 11.7 Å². The van der Waals surface area contributed by atoms with Crippen LogP contribution in [0.4, 0.5) is 0 Å². The first-order valence-electron chi connectivity index (χ1n) is 9.99. The van der Waals surface area contributed by atoms with Gasteiger partial charge in [0.1, 0.15) is 11.4 Å². The van der Waals surface area contributed by atoms with Gasteiger partial charge in [0.2, 0.25) is 0 Å². The maximum absolute atomic E-state index is 13.0. The zero-order valence-electron chi connectivity index (χ0n) is 16.1. The van der Waals surface area contributed by atoms with Gasteiger partial charge < -0.3 is 9.47 Å². The lowest BCUT2D eigenvalue weighted by molar-refractivity contribution is 0.0781. The van der Waals surface area contributed by atoms with E-state index in [4.69, 9.17) is 0 Å². The van der Waals surface area contributed by atoms with Crippen LogP contribution in [0, 0.1) is 5.92 Å². The molecule has 1 aliphatic heterocycles. The normalized spacial score (nSPS) is 16.7. The summed E-state index contributed by atoms with van der Waals surface area (Å²) in [4.78, 5) is 24.0. The van der Waals surface area contributed by atoms with Gasteiger partial charge in [-0.1, -0.05) is 0 Å². The van der Waals surface area contributed by atoms with Crippen LogP contribution in [0.25, 0.3) is 22.6 Å². The molecular weight excluding hydrogens is 352 g/mol. The maximum atomic E-state index is 13.0. The molecule has 3 aromatic rings. The van der Waals surface area contributed by atoms with E-state index >= 15 is 0 Å². The lowest BCUT2D eigenvalue weighted by Crippen LogP contribution is -2.29. The first-order valence-corrected chi connectivity index (χ1v) is 9.99. The van der Waals surface area contributed by atoms with Crippen LogP contribution >= 0.6 is 0 Å². The number of aryl methyl sites for hydroxylation is 1. The lowest BCUT2D eigenvalue weighted by atomic mass is 10.2. The third-order valence-corrected chi connectivity index (χ3v) is 5.70. The summed E-state index contributed by atoms with van der Waals surface area (Å²) in [7, 11) is 1.88. The molecule has 1 amide bonds. The van der Waals surface area contributed by atoms with Gasteiger partial charge in [-0.05, 0) is 43.7 Å². The van der Waals surface area contributed by atoms with Crippen molar-refractivity contribution in [2.24, 2.45) is 13.0 Å². The Morgan fingerprint density at radius 3 is 2.54 bits per heavy atom. The fourth-order valence-electron chi connectivity index (χ4n) is 3.86. The van der Waals surface area contributed by atoms with Crippen molar-refractivity contribution in [1.29, 1.82) is 0 Å². The molecule has 28 heavy (non-hydrogen) atoms. The summed E-state index contributed by atoms with van der Waals surface area (Å²) in [5.41, 5.74) is 3.60. The predicted octanol–water partition coefficient (Wildman–Crippen LogP) is 2.99. The van der Waals surface area contributed by atoms with Crippen LogP contribution in [0.1, 0.15) is 36.2 Å². The van der Waals surface area contributed by atoms with E-state index in [-0.39, 0.29) is 5.91 Å². The van der Waals surface area contributed by atoms with Crippen LogP contribution in [0.3, 0.4) is 0 Å². The smallest absolute Gasteiger partial charge is 0.270 e. The highest BCUT2D eigenvalue weighted by Crippen LogP contribution is 2.33. The van der Waals surface area contributed by atoms with Crippen LogP contribution in [-0.4, -0.2) is 48.2 Å². The first kappa shape index (κ1) is 17.2. The van der Waals surface area contributed by atoms with Gasteiger partial charge in [0.05, 0.1) is 0 Å². The minimum Gasteiger partial charge on any atom is -0.343 e. The second kappa shape index (κ2) is 6.89. The number of nitrogens with zero attached hydrogens (tertiary/aromatic N) is 6. The summed E-state index contributed by atoms with van der Waals surface area (Å²) in [6, 6.07) is 3.90. The average molecular weight is 376 g/mol. The second-order valence-electron chi connectivity index (χ2n) is 7.84. The average Bonchev–Trinajstić information content (AvgIpc) is 3.11. The van der Waals surface area contributed by atoms with E-state index in [0.717, 1.165) is 55.0 Å². The van der Waals surface area contributed by atoms with E-state index < -0.39 is 0 Å². The fourth-order valence-corrected chi connectivity index (χ4v) is 3.86. The number of hydrogen-bond donors (Lipinski definition) is 0. The number of amides is 1. The van der Waals surface area contributed by atoms with E-state index in [1.807, 2.05) is 36.5 Å². The molecule has 1 saturated heterocycles. The van der Waals surface area contributed by atoms with Gasteiger partial charge in [-0.25, -0.2) is 9.97 Å². The minimum absolute atomic E-state index is 0.150. The Hall–Kier alpha value is -2.96. The summed E-state index contributed by atoms with van der Waals surface area (Å²) < 4.78 is 3.90. The highest BCUT2D eigenvalue weighted by molar-refractivity contribution is 5.94. The number of rotatable bonds is 5. The third kappa shape index (κ3) is 3.21. The van der Waals surface area contributed by atoms with Crippen molar-refractivity contribution < 1.29 is 4.79 Å². The highest BCUT2D eigenvalue weighted by Gasteiger charge is 2.27. The molecule has 7 heteroatoms. The Bertz CT molecular complexity index is 992. The van der Waals surface area contributed by atoms with Crippen molar-refractivity contribution in [3.8, 4) is 22.6 Å². The monoisotopic (exact) mass is 376 g/mol. The molecule has 5 rings (SSSR count). The molecule has 0 aromatic carbocycles. The number of carbonyl (C=O) groups excluding carboxylic acids is 1. The predicted molar refractivity (Wildman–Crippen MR) is 106 cm³/mol. The van der Waals surface area contributed by atoms with Crippen LogP contribution in [-0.2, 0) is 13.6 Å². The van der Waals surface area contributed by atoms with Crippen molar-refractivity contribution in [1.82, 2.24) is 29.2 Å². The lowest BCUT2D eigenvalue weighted by Gasteiger charge is -2.16. The van der Waals surface area contributed by atoms with Gasteiger partial charge >= 0.3 is 0 Å². The minimum atomic E-state index is 0.150. The van der Waals surface area contributed by atoms with Gasteiger partial charge in [0.25, 0.3) is 5.91 Å². The van der Waals surface area contributed by atoms with Crippen LogP contribution in [0.2, 0.25) is 0 Å². The van der Waals surface area contributed by atoms with E-state index in [1.165, 1.54) is 12.8 Å². The van der Waals surface area contributed by atoms with E-state index in [2.05, 4.69) is 25.8 Å². The molecule has 7 nitrogen and oxygen atoms in total. The van der Waals surface area contributed by atoms with Gasteiger partial charge in [-0.3, -0.25) is 9.48 Å². The molecule has 0 radical (unpaired) electrons. The zero-order chi connectivity index (χ0) is 19.1. The molecule has 0 atom stereocenters. The molecular formula is C21H24N6O.